The Bertz CT molecular complexity index is 840. The maximum atomic E-state index is 13.5. The number of nitrogens with zero attached hydrogens (tertiary/aromatic N) is 1. The first-order valence-corrected chi connectivity index (χ1v) is 8.51. The maximum Gasteiger partial charge on any atom is 0.237 e. The second-order valence-corrected chi connectivity index (χ2v) is 7.22. The number of rotatable bonds is 2. The van der Waals surface area contributed by atoms with Crippen molar-refractivity contribution in [2.24, 2.45) is 5.41 Å². The molecule has 0 unspecified atom stereocenters. The topological polar surface area (TPSA) is 37.4 Å². The van der Waals surface area contributed by atoms with E-state index in [0.29, 0.717) is 0 Å². The summed E-state index contributed by atoms with van der Waals surface area (Å²) >= 11 is 0. The van der Waals surface area contributed by atoms with Crippen LogP contribution in [0.5, 0.6) is 0 Å². The molecule has 24 heavy (non-hydrogen) atoms. The van der Waals surface area contributed by atoms with Gasteiger partial charge in [0.2, 0.25) is 5.91 Å². The molecule has 2 aromatic rings. The van der Waals surface area contributed by atoms with Gasteiger partial charge in [0.1, 0.15) is 5.54 Å². The first kappa shape index (κ1) is 15.1. The highest BCUT2D eigenvalue weighted by Crippen LogP contribution is 2.63. The van der Waals surface area contributed by atoms with Crippen LogP contribution in [0.4, 0.5) is 5.69 Å². The third-order valence-electron chi connectivity index (χ3n) is 5.80. The molecule has 3 nitrogen and oxygen atoms in total. The lowest BCUT2D eigenvalue weighted by Gasteiger charge is -2.60. The third kappa shape index (κ3) is 1.48. The van der Waals surface area contributed by atoms with Crippen molar-refractivity contribution in [3.63, 3.8) is 0 Å². The predicted octanol–water partition coefficient (Wildman–Crippen LogP) is 4.03. The number of fused-ring (bicyclic) bond motifs is 2. The monoisotopic (exact) mass is 319 g/mol. The standard InChI is InChI=1S/C21H21NO2/c1-4-15-16-12-8-9-13-17(16)21(18(15)23)20(2,3)19(24)22(21)14-10-6-5-7-11-14/h5-13,15H,4H2,1-3H3/t15-,21-/m1/s1. The second-order valence-electron chi connectivity index (χ2n) is 7.22. The highest BCUT2D eigenvalue weighted by Gasteiger charge is 2.74. The Hall–Kier alpha value is -2.42. The van der Waals surface area contributed by atoms with Crippen LogP contribution in [0.25, 0.3) is 0 Å². The van der Waals surface area contributed by atoms with Crippen molar-refractivity contribution in [1.82, 2.24) is 0 Å². The Morgan fingerprint density at radius 1 is 0.958 bits per heavy atom. The number of amides is 1. The van der Waals surface area contributed by atoms with Gasteiger partial charge in [0, 0.05) is 11.6 Å². The molecule has 0 aromatic heterocycles. The highest BCUT2D eigenvalue weighted by atomic mass is 16.2. The Kier molecular flexibility index (Phi) is 3.02. The first-order valence-electron chi connectivity index (χ1n) is 8.51. The van der Waals surface area contributed by atoms with Gasteiger partial charge in [-0.05, 0) is 43.5 Å². The van der Waals surface area contributed by atoms with Crippen molar-refractivity contribution in [2.45, 2.75) is 38.6 Å². The Morgan fingerprint density at radius 3 is 2.25 bits per heavy atom. The summed E-state index contributed by atoms with van der Waals surface area (Å²) in [6, 6.07) is 17.6. The molecule has 1 spiro atoms. The van der Waals surface area contributed by atoms with Crippen molar-refractivity contribution < 1.29 is 9.59 Å². The van der Waals surface area contributed by atoms with Gasteiger partial charge in [-0.2, -0.15) is 0 Å². The number of benzene rings is 2. The lowest BCUT2D eigenvalue weighted by atomic mass is 9.58. The summed E-state index contributed by atoms with van der Waals surface area (Å²) < 4.78 is 0. The number of carbonyl (C=O) groups is 2. The average molecular weight is 319 g/mol. The lowest BCUT2D eigenvalue weighted by molar-refractivity contribution is -0.154. The largest absolute Gasteiger partial charge is 0.296 e. The van der Waals surface area contributed by atoms with Crippen molar-refractivity contribution in [2.75, 3.05) is 4.90 Å². The SMILES string of the molecule is CC[C@H]1C(=O)[C@@]2(c3ccccc31)N(c1ccccc1)C(=O)C2(C)C. The van der Waals surface area contributed by atoms with Gasteiger partial charge in [-0.3, -0.25) is 14.5 Å². The summed E-state index contributed by atoms with van der Waals surface area (Å²) in [5.74, 6) is 0.0213. The summed E-state index contributed by atoms with van der Waals surface area (Å²) in [5, 5.41) is 0. The van der Waals surface area contributed by atoms with E-state index in [1.54, 1.807) is 4.90 Å². The van der Waals surface area contributed by atoms with Crippen LogP contribution in [0.3, 0.4) is 0 Å². The summed E-state index contributed by atoms with van der Waals surface area (Å²) in [5.41, 5.74) is 1.24. The van der Waals surface area contributed by atoms with Gasteiger partial charge in [0.15, 0.2) is 5.78 Å². The third-order valence-corrected chi connectivity index (χ3v) is 5.80. The van der Waals surface area contributed by atoms with Crippen LogP contribution in [0.15, 0.2) is 54.6 Å². The van der Waals surface area contributed by atoms with Crippen LogP contribution in [0, 0.1) is 5.41 Å². The van der Waals surface area contributed by atoms with Crippen molar-refractivity contribution in [1.29, 1.82) is 0 Å². The Balaban J connectivity index is 2.00. The molecule has 1 amide bonds. The smallest absolute Gasteiger partial charge is 0.237 e. The molecule has 4 rings (SSSR count). The van der Waals surface area contributed by atoms with E-state index in [4.69, 9.17) is 0 Å². The van der Waals surface area contributed by atoms with E-state index >= 15 is 0 Å². The highest BCUT2D eigenvalue weighted by molar-refractivity contribution is 6.21. The summed E-state index contributed by atoms with van der Waals surface area (Å²) in [6.07, 6.45) is 0.754. The number of hydrogen-bond acceptors (Lipinski definition) is 2. The van der Waals surface area contributed by atoms with Gasteiger partial charge in [0.05, 0.1) is 5.41 Å². The minimum atomic E-state index is -0.886. The molecule has 3 heteroatoms. The molecule has 0 radical (unpaired) electrons. The minimum Gasteiger partial charge on any atom is -0.296 e. The van der Waals surface area contributed by atoms with Gasteiger partial charge in [-0.1, -0.05) is 49.4 Å². The number of para-hydroxylation sites is 1. The zero-order chi connectivity index (χ0) is 17.1. The van der Waals surface area contributed by atoms with E-state index in [-0.39, 0.29) is 17.6 Å². The molecule has 1 saturated heterocycles. The van der Waals surface area contributed by atoms with E-state index in [0.717, 1.165) is 23.2 Å². The van der Waals surface area contributed by atoms with E-state index in [9.17, 15) is 9.59 Å². The fraction of sp³-hybridized carbons (Fsp3) is 0.333. The van der Waals surface area contributed by atoms with Crippen LogP contribution in [0.2, 0.25) is 0 Å². The molecule has 2 aromatic carbocycles. The molecular weight excluding hydrogens is 298 g/mol. The summed E-state index contributed by atoms with van der Waals surface area (Å²) in [4.78, 5) is 28.2. The predicted molar refractivity (Wildman–Crippen MR) is 93.9 cm³/mol. The first-order chi connectivity index (χ1) is 11.5. The number of carbonyl (C=O) groups excluding carboxylic acids is 2. The van der Waals surface area contributed by atoms with Crippen molar-refractivity contribution >= 4 is 17.4 Å². The molecule has 2 aliphatic rings. The second kappa shape index (κ2) is 4.79. The van der Waals surface area contributed by atoms with Gasteiger partial charge in [-0.25, -0.2) is 0 Å². The molecule has 1 aliphatic heterocycles. The number of Topliss-reactive ketones (excluding diaryl/α,β-unsaturated/α-hetero) is 1. The normalized spacial score (nSPS) is 27.3. The average Bonchev–Trinajstić information content (AvgIpc) is 2.86. The van der Waals surface area contributed by atoms with E-state index in [1.807, 2.05) is 75.4 Å². The van der Waals surface area contributed by atoms with Gasteiger partial charge < -0.3 is 0 Å². The zero-order valence-corrected chi connectivity index (χ0v) is 14.2. The Morgan fingerprint density at radius 2 is 1.58 bits per heavy atom. The molecule has 1 aliphatic carbocycles. The number of ketones is 1. The summed E-state index contributed by atoms with van der Waals surface area (Å²) in [6.45, 7) is 5.85. The fourth-order valence-corrected chi connectivity index (χ4v) is 4.64. The van der Waals surface area contributed by atoms with Gasteiger partial charge in [-0.15, -0.1) is 0 Å². The zero-order valence-electron chi connectivity index (χ0n) is 14.2. The molecule has 2 atom stereocenters. The van der Waals surface area contributed by atoms with Crippen LogP contribution >= 0.6 is 0 Å². The summed E-state index contributed by atoms with van der Waals surface area (Å²) in [7, 11) is 0. The van der Waals surface area contributed by atoms with Gasteiger partial charge in [0.25, 0.3) is 0 Å². The lowest BCUT2D eigenvalue weighted by Crippen LogP contribution is -2.76. The van der Waals surface area contributed by atoms with Crippen LogP contribution in [-0.4, -0.2) is 11.7 Å². The number of anilines is 1. The van der Waals surface area contributed by atoms with Crippen molar-refractivity contribution in [3.8, 4) is 0 Å². The quantitative estimate of drug-likeness (QED) is 0.784. The molecular formula is C21H21NO2. The van der Waals surface area contributed by atoms with E-state index in [1.165, 1.54) is 0 Å². The van der Waals surface area contributed by atoms with Crippen molar-refractivity contribution in [3.05, 3.63) is 65.7 Å². The van der Waals surface area contributed by atoms with E-state index in [2.05, 4.69) is 0 Å². The van der Waals surface area contributed by atoms with E-state index < -0.39 is 11.0 Å². The molecule has 122 valence electrons. The molecule has 0 N–H and O–H groups in total. The van der Waals surface area contributed by atoms with Gasteiger partial charge >= 0.3 is 0 Å². The molecule has 0 bridgehead atoms. The molecule has 0 saturated carbocycles. The minimum absolute atomic E-state index is 0.00797. The fourth-order valence-electron chi connectivity index (χ4n) is 4.64. The number of β-lactam (4-membered cyclic amide) rings is 1. The maximum absolute atomic E-state index is 13.5. The molecule has 1 heterocycles. The van der Waals surface area contributed by atoms with Crippen LogP contribution < -0.4 is 4.90 Å². The Labute approximate surface area is 142 Å². The van der Waals surface area contributed by atoms with Crippen LogP contribution in [-0.2, 0) is 15.1 Å². The molecule has 1 fully saturated rings. The van der Waals surface area contributed by atoms with Crippen LogP contribution in [0.1, 0.15) is 44.2 Å². The number of hydrogen-bond donors (Lipinski definition) is 0.